The standard InChI is InChI=1S/C11H14N2O6/c1-6(15)18-7-4-10(19-8(7)5-14)13-3-2-9(16)12-11(13)17/h2-3,7-8,10,14H,4-5H2,1H3,(H,12,16,17)/t7-,8+,10+/m0/s1. The van der Waals surface area contributed by atoms with Gasteiger partial charge in [0.2, 0.25) is 0 Å². The van der Waals surface area contributed by atoms with E-state index in [1.54, 1.807) is 0 Å². The Kier molecular flexibility index (Phi) is 3.82. The molecule has 2 heterocycles. The molecule has 3 atom stereocenters. The van der Waals surface area contributed by atoms with Crippen LogP contribution < -0.4 is 11.2 Å². The van der Waals surface area contributed by atoms with Crippen LogP contribution in [0.15, 0.2) is 21.9 Å². The van der Waals surface area contributed by atoms with Crippen molar-refractivity contribution in [2.75, 3.05) is 6.61 Å². The number of carbonyl (C=O) groups excluding carboxylic acids is 1. The second-order valence-electron chi connectivity index (χ2n) is 4.21. The molecule has 8 heteroatoms. The second-order valence-corrected chi connectivity index (χ2v) is 4.21. The minimum Gasteiger partial charge on any atom is -0.460 e. The molecule has 8 nitrogen and oxygen atoms in total. The molecule has 104 valence electrons. The molecule has 2 rings (SSSR count). The van der Waals surface area contributed by atoms with Gasteiger partial charge in [0, 0.05) is 25.6 Å². The number of H-pyrrole nitrogens is 1. The van der Waals surface area contributed by atoms with Crippen LogP contribution in [0.1, 0.15) is 19.6 Å². The Hall–Kier alpha value is -1.93. The molecule has 0 unspecified atom stereocenters. The van der Waals surface area contributed by atoms with Gasteiger partial charge < -0.3 is 14.6 Å². The van der Waals surface area contributed by atoms with Gasteiger partial charge in [0.05, 0.1) is 6.61 Å². The van der Waals surface area contributed by atoms with Gasteiger partial charge in [-0.3, -0.25) is 19.1 Å². The fourth-order valence-electron chi connectivity index (χ4n) is 2.03. The number of nitrogens with zero attached hydrogens (tertiary/aromatic N) is 1. The maximum atomic E-state index is 11.6. The molecule has 0 aliphatic carbocycles. The zero-order valence-corrected chi connectivity index (χ0v) is 10.2. The number of aromatic nitrogens is 2. The number of ether oxygens (including phenoxy) is 2. The zero-order valence-electron chi connectivity index (χ0n) is 10.2. The fraction of sp³-hybridized carbons (Fsp3) is 0.545. The lowest BCUT2D eigenvalue weighted by molar-refractivity contribution is -0.150. The number of hydrogen-bond donors (Lipinski definition) is 2. The minimum absolute atomic E-state index is 0.233. The maximum Gasteiger partial charge on any atom is 0.330 e. The van der Waals surface area contributed by atoms with E-state index in [0.717, 1.165) is 0 Å². The summed E-state index contributed by atoms with van der Waals surface area (Å²) in [5, 5.41) is 9.17. The quantitative estimate of drug-likeness (QED) is 0.664. The summed E-state index contributed by atoms with van der Waals surface area (Å²) < 4.78 is 11.7. The molecule has 0 spiro atoms. The highest BCUT2D eigenvalue weighted by Gasteiger charge is 2.38. The van der Waals surface area contributed by atoms with E-state index in [-0.39, 0.29) is 13.0 Å². The summed E-state index contributed by atoms with van der Waals surface area (Å²) in [5.74, 6) is -0.485. The highest BCUT2D eigenvalue weighted by Crippen LogP contribution is 2.29. The summed E-state index contributed by atoms with van der Waals surface area (Å²) in [6.07, 6.45) is -0.461. The van der Waals surface area contributed by atoms with Crippen LogP contribution in [0.3, 0.4) is 0 Å². The molecule has 1 aromatic rings. The van der Waals surface area contributed by atoms with Crippen LogP contribution in [-0.2, 0) is 14.3 Å². The van der Waals surface area contributed by atoms with E-state index in [1.165, 1.54) is 23.8 Å². The average Bonchev–Trinajstić information content (AvgIpc) is 2.71. The molecule has 2 N–H and O–H groups in total. The number of nitrogens with one attached hydrogen (secondary N) is 1. The van der Waals surface area contributed by atoms with Crippen LogP contribution in [0.25, 0.3) is 0 Å². The Labute approximate surface area is 107 Å². The molecule has 1 aliphatic rings. The van der Waals surface area contributed by atoms with Crippen LogP contribution in [0.4, 0.5) is 0 Å². The van der Waals surface area contributed by atoms with Gasteiger partial charge in [-0.15, -0.1) is 0 Å². The number of aliphatic hydroxyl groups is 1. The largest absolute Gasteiger partial charge is 0.460 e. The van der Waals surface area contributed by atoms with Crippen LogP contribution >= 0.6 is 0 Å². The van der Waals surface area contributed by atoms with Crippen molar-refractivity contribution >= 4 is 5.97 Å². The molecule has 19 heavy (non-hydrogen) atoms. The monoisotopic (exact) mass is 270 g/mol. The van der Waals surface area contributed by atoms with E-state index < -0.39 is 35.7 Å². The lowest BCUT2D eigenvalue weighted by atomic mass is 10.2. The van der Waals surface area contributed by atoms with E-state index in [2.05, 4.69) is 4.98 Å². The van der Waals surface area contributed by atoms with Gasteiger partial charge in [0.1, 0.15) is 18.4 Å². The van der Waals surface area contributed by atoms with E-state index in [9.17, 15) is 14.4 Å². The molecule has 1 saturated heterocycles. The second kappa shape index (κ2) is 5.37. The lowest BCUT2D eigenvalue weighted by Crippen LogP contribution is -2.31. The Balaban J connectivity index is 2.21. The Morgan fingerprint density at radius 1 is 1.63 bits per heavy atom. The van der Waals surface area contributed by atoms with Crippen molar-refractivity contribution in [3.8, 4) is 0 Å². The van der Waals surface area contributed by atoms with Gasteiger partial charge >= 0.3 is 11.7 Å². The predicted octanol–water partition coefficient (Wildman–Crippen LogP) is -1.25. The summed E-state index contributed by atoms with van der Waals surface area (Å²) in [5.41, 5.74) is -1.12. The summed E-state index contributed by atoms with van der Waals surface area (Å²) in [7, 11) is 0. The van der Waals surface area contributed by atoms with E-state index in [0.29, 0.717) is 0 Å². The van der Waals surface area contributed by atoms with Crippen molar-refractivity contribution in [1.82, 2.24) is 9.55 Å². The average molecular weight is 270 g/mol. The number of aromatic amines is 1. The van der Waals surface area contributed by atoms with Gasteiger partial charge in [0.25, 0.3) is 5.56 Å². The summed E-state index contributed by atoms with van der Waals surface area (Å²) in [6, 6.07) is 1.19. The molecule has 0 aromatic carbocycles. The topological polar surface area (TPSA) is 111 Å². The number of carbonyl (C=O) groups is 1. The van der Waals surface area contributed by atoms with Crippen LogP contribution in [-0.4, -0.2) is 39.4 Å². The Bertz CT molecular complexity index is 577. The molecule has 1 aromatic heterocycles. The molecule has 0 amide bonds. The SMILES string of the molecule is CC(=O)O[C@H]1C[C@H](n2ccc(=O)[nH]c2=O)O[C@@H]1CO. The molecular weight excluding hydrogens is 256 g/mol. The third-order valence-corrected chi connectivity index (χ3v) is 2.84. The first-order valence-corrected chi connectivity index (χ1v) is 5.76. The number of esters is 1. The van der Waals surface area contributed by atoms with Crippen molar-refractivity contribution in [3.63, 3.8) is 0 Å². The summed E-state index contributed by atoms with van der Waals surface area (Å²) in [6.45, 7) is 0.931. The highest BCUT2D eigenvalue weighted by atomic mass is 16.6. The van der Waals surface area contributed by atoms with E-state index >= 15 is 0 Å². The van der Waals surface area contributed by atoms with Gasteiger partial charge in [0.15, 0.2) is 0 Å². The summed E-state index contributed by atoms with van der Waals surface area (Å²) in [4.78, 5) is 35.6. The van der Waals surface area contributed by atoms with Crippen molar-refractivity contribution < 1.29 is 19.4 Å². The first kappa shape index (κ1) is 13.5. The van der Waals surface area contributed by atoms with Crippen molar-refractivity contribution in [2.45, 2.75) is 31.8 Å². The van der Waals surface area contributed by atoms with Gasteiger partial charge in [-0.1, -0.05) is 0 Å². The Morgan fingerprint density at radius 2 is 2.37 bits per heavy atom. The van der Waals surface area contributed by atoms with Crippen LogP contribution in [0.5, 0.6) is 0 Å². The minimum atomic E-state index is -0.689. The van der Waals surface area contributed by atoms with E-state index in [1.807, 2.05) is 0 Å². The van der Waals surface area contributed by atoms with Crippen molar-refractivity contribution in [3.05, 3.63) is 33.1 Å². The number of aliphatic hydroxyl groups excluding tert-OH is 1. The molecule has 0 bridgehead atoms. The maximum absolute atomic E-state index is 11.6. The van der Waals surface area contributed by atoms with Gasteiger partial charge in [-0.25, -0.2) is 4.79 Å². The summed E-state index contributed by atoms with van der Waals surface area (Å²) >= 11 is 0. The first-order chi connectivity index (χ1) is 9.01. The van der Waals surface area contributed by atoms with Crippen LogP contribution in [0.2, 0.25) is 0 Å². The van der Waals surface area contributed by atoms with E-state index in [4.69, 9.17) is 14.6 Å². The fourth-order valence-corrected chi connectivity index (χ4v) is 2.03. The third-order valence-electron chi connectivity index (χ3n) is 2.84. The van der Waals surface area contributed by atoms with Crippen LogP contribution in [0, 0.1) is 0 Å². The number of hydrogen-bond acceptors (Lipinski definition) is 6. The Morgan fingerprint density at radius 3 is 2.95 bits per heavy atom. The molecule has 0 saturated carbocycles. The predicted molar refractivity (Wildman–Crippen MR) is 62.5 cm³/mol. The molecule has 0 radical (unpaired) electrons. The zero-order chi connectivity index (χ0) is 14.0. The van der Waals surface area contributed by atoms with Gasteiger partial charge in [-0.05, 0) is 0 Å². The number of rotatable bonds is 3. The van der Waals surface area contributed by atoms with Gasteiger partial charge in [-0.2, -0.15) is 0 Å². The van der Waals surface area contributed by atoms with Crippen molar-refractivity contribution in [1.29, 1.82) is 0 Å². The molecule has 1 aliphatic heterocycles. The normalized spacial score (nSPS) is 26.3. The smallest absolute Gasteiger partial charge is 0.330 e. The molecule has 1 fully saturated rings. The highest BCUT2D eigenvalue weighted by molar-refractivity contribution is 5.66. The first-order valence-electron chi connectivity index (χ1n) is 5.76. The lowest BCUT2D eigenvalue weighted by Gasteiger charge is -2.15. The molecular formula is C11H14N2O6. The third kappa shape index (κ3) is 2.91. The van der Waals surface area contributed by atoms with Crippen molar-refractivity contribution in [2.24, 2.45) is 0 Å².